The smallest absolute Gasteiger partial charge is 0.264 e. The molecule has 0 spiro atoms. The Bertz CT molecular complexity index is 1450. The van der Waals surface area contributed by atoms with Gasteiger partial charge in [-0.3, -0.25) is 13.9 Å². The number of rotatable bonds is 11. The molecule has 0 saturated heterocycles. The maximum Gasteiger partial charge on any atom is 0.264 e. The number of halogens is 1. The second kappa shape index (κ2) is 13.5. The van der Waals surface area contributed by atoms with Crippen LogP contribution in [0.25, 0.3) is 0 Å². The average molecular weight is 645 g/mol. The number of amides is 2. The summed E-state index contributed by atoms with van der Waals surface area (Å²) in [6.45, 7) is 11.1. The van der Waals surface area contributed by atoms with E-state index in [1.165, 1.54) is 17.0 Å². The number of sulfonamides is 1. The van der Waals surface area contributed by atoms with Crippen LogP contribution >= 0.6 is 15.9 Å². The molecule has 1 N–H and O–H groups in total. The Hall–Kier alpha value is -3.37. The van der Waals surface area contributed by atoms with Gasteiger partial charge >= 0.3 is 0 Å². The summed E-state index contributed by atoms with van der Waals surface area (Å²) in [6.07, 6.45) is 0. The van der Waals surface area contributed by atoms with Crippen LogP contribution in [0.15, 0.2) is 82.2 Å². The number of anilines is 1. The summed E-state index contributed by atoms with van der Waals surface area (Å²) in [5.74, 6) is -0.267. The van der Waals surface area contributed by atoms with E-state index >= 15 is 0 Å². The Balaban J connectivity index is 2.04. The lowest BCUT2D eigenvalue weighted by molar-refractivity contribution is -0.140. The molecule has 3 aromatic carbocycles. The second-order valence-electron chi connectivity index (χ2n) is 10.8. The molecule has 0 aliphatic heterocycles. The molecule has 0 fully saturated rings. The zero-order valence-electron chi connectivity index (χ0n) is 24.3. The Morgan fingerprint density at radius 3 is 2.20 bits per heavy atom. The molecular weight excluding hydrogens is 606 g/mol. The molecule has 3 rings (SSSR count). The Morgan fingerprint density at radius 1 is 1.00 bits per heavy atom. The van der Waals surface area contributed by atoms with Gasteiger partial charge in [0.25, 0.3) is 10.0 Å². The number of hydrogen-bond donors (Lipinski definition) is 1. The molecule has 0 aliphatic carbocycles. The lowest BCUT2D eigenvalue weighted by Crippen LogP contribution is -2.54. The molecule has 0 saturated carbocycles. The van der Waals surface area contributed by atoms with Crippen molar-refractivity contribution in [1.82, 2.24) is 10.2 Å². The molecule has 0 radical (unpaired) electrons. The second-order valence-corrected chi connectivity index (χ2v) is 13.6. The highest BCUT2D eigenvalue weighted by molar-refractivity contribution is 9.10. The van der Waals surface area contributed by atoms with Crippen LogP contribution in [0.2, 0.25) is 0 Å². The normalized spacial score (nSPS) is 12.4. The fourth-order valence-electron chi connectivity index (χ4n) is 4.20. The third kappa shape index (κ3) is 8.81. The van der Waals surface area contributed by atoms with Crippen molar-refractivity contribution in [1.29, 1.82) is 0 Å². The molecule has 1 unspecified atom stereocenters. The van der Waals surface area contributed by atoms with Crippen molar-refractivity contribution in [3.63, 3.8) is 0 Å². The Labute approximate surface area is 251 Å². The van der Waals surface area contributed by atoms with Crippen LogP contribution in [-0.4, -0.2) is 49.9 Å². The number of carbonyl (C=O) groups is 2. The quantitative estimate of drug-likeness (QED) is 0.290. The van der Waals surface area contributed by atoms with Crippen molar-refractivity contribution in [2.75, 3.05) is 17.5 Å². The zero-order chi connectivity index (χ0) is 30.4. The molecule has 8 nitrogen and oxygen atoms in total. The topological polar surface area (TPSA) is 96.0 Å². The van der Waals surface area contributed by atoms with Gasteiger partial charge in [-0.1, -0.05) is 45.8 Å². The predicted octanol–water partition coefficient (Wildman–Crippen LogP) is 5.68. The number of carbonyl (C=O) groups excluding carboxylic acids is 2. The summed E-state index contributed by atoms with van der Waals surface area (Å²) in [7, 11) is -4.16. The summed E-state index contributed by atoms with van der Waals surface area (Å²) in [4.78, 5) is 28.7. The van der Waals surface area contributed by atoms with Crippen LogP contribution in [0.1, 0.15) is 45.7 Å². The minimum atomic E-state index is -4.16. The maximum atomic E-state index is 14.0. The highest BCUT2D eigenvalue weighted by Crippen LogP contribution is 2.27. The minimum Gasteiger partial charge on any atom is -0.494 e. The molecule has 0 bridgehead atoms. The fourth-order valence-corrected chi connectivity index (χ4v) is 5.88. The Kier molecular flexibility index (Phi) is 10.6. The summed E-state index contributed by atoms with van der Waals surface area (Å²) >= 11 is 3.34. The van der Waals surface area contributed by atoms with Gasteiger partial charge in [0.2, 0.25) is 11.8 Å². The SMILES string of the molecule is CCOc1ccc(N(CC(=O)N(Cc2cccc(C)c2)C(C)C(=O)NC(C)(C)C)S(=O)(=O)c2ccc(Br)cc2)cc1. The van der Waals surface area contributed by atoms with E-state index in [1.807, 2.05) is 58.9 Å². The van der Waals surface area contributed by atoms with E-state index in [2.05, 4.69) is 21.2 Å². The highest BCUT2D eigenvalue weighted by atomic mass is 79.9. The first-order valence-corrected chi connectivity index (χ1v) is 15.6. The molecule has 2 amide bonds. The molecule has 10 heteroatoms. The molecule has 0 aromatic heterocycles. The van der Waals surface area contributed by atoms with Crippen LogP contribution in [-0.2, 0) is 26.2 Å². The maximum absolute atomic E-state index is 14.0. The molecule has 0 heterocycles. The first-order chi connectivity index (χ1) is 19.2. The van der Waals surface area contributed by atoms with Crippen LogP contribution < -0.4 is 14.4 Å². The van der Waals surface area contributed by atoms with E-state index in [0.29, 0.717) is 18.0 Å². The van der Waals surface area contributed by atoms with Crippen molar-refractivity contribution in [2.45, 2.75) is 64.6 Å². The first-order valence-electron chi connectivity index (χ1n) is 13.4. The van der Waals surface area contributed by atoms with Gasteiger partial charge in [0.05, 0.1) is 17.2 Å². The van der Waals surface area contributed by atoms with Crippen LogP contribution in [0.5, 0.6) is 5.75 Å². The molecule has 0 aliphatic rings. The number of ether oxygens (including phenoxy) is 1. The average Bonchev–Trinajstić information content (AvgIpc) is 2.90. The largest absolute Gasteiger partial charge is 0.494 e. The third-order valence-corrected chi connectivity index (χ3v) is 8.53. The van der Waals surface area contributed by atoms with Gasteiger partial charge in [-0.25, -0.2) is 8.42 Å². The van der Waals surface area contributed by atoms with E-state index in [4.69, 9.17) is 4.74 Å². The number of benzene rings is 3. The Morgan fingerprint density at radius 2 is 1.63 bits per heavy atom. The van der Waals surface area contributed by atoms with Gasteiger partial charge < -0.3 is 15.0 Å². The lowest BCUT2D eigenvalue weighted by atomic mass is 10.1. The van der Waals surface area contributed by atoms with E-state index in [9.17, 15) is 18.0 Å². The minimum absolute atomic E-state index is 0.0335. The standard InChI is InChI=1S/C31H38BrN3O5S/c1-7-40-27-15-13-26(14-16-27)35(41(38,39)28-17-11-25(32)12-18-28)21-29(36)34(20-24-10-8-9-22(2)19-24)23(3)30(37)33-31(4,5)6/h8-19,23H,7,20-21H2,1-6H3,(H,33,37). The molecule has 1 atom stereocenters. The van der Waals surface area contributed by atoms with Gasteiger partial charge in [-0.05, 0) is 95.6 Å². The zero-order valence-corrected chi connectivity index (χ0v) is 26.8. The van der Waals surface area contributed by atoms with Crippen molar-refractivity contribution >= 4 is 43.5 Å². The van der Waals surface area contributed by atoms with Gasteiger partial charge in [0.1, 0.15) is 18.3 Å². The molecule has 220 valence electrons. The first kappa shape index (κ1) is 32.1. The van der Waals surface area contributed by atoms with E-state index in [1.54, 1.807) is 43.3 Å². The van der Waals surface area contributed by atoms with E-state index in [-0.39, 0.29) is 17.3 Å². The predicted molar refractivity (Wildman–Crippen MR) is 165 cm³/mol. The van der Waals surface area contributed by atoms with Crippen molar-refractivity contribution < 1.29 is 22.7 Å². The third-order valence-electron chi connectivity index (χ3n) is 6.22. The van der Waals surface area contributed by atoms with E-state index in [0.717, 1.165) is 19.9 Å². The fraction of sp³-hybridized carbons (Fsp3) is 0.355. The number of hydrogen-bond acceptors (Lipinski definition) is 5. The number of aryl methyl sites for hydroxylation is 1. The molecule has 3 aromatic rings. The van der Waals surface area contributed by atoms with Crippen molar-refractivity contribution in [2.24, 2.45) is 0 Å². The van der Waals surface area contributed by atoms with Crippen molar-refractivity contribution in [3.8, 4) is 5.75 Å². The summed E-state index contributed by atoms with van der Waals surface area (Å²) in [5, 5.41) is 2.93. The van der Waals surface area contributed by atoms with Gasteiger partial charge in [-0.15, -0.1) is 0 Å². The summed E-state index contributed by atoms with van der Waals surface area (Å²) in [5.41, 5.74) is 1.63. The van der Waals surface area contributed by atoms with Gasteiger partial charge in [0, 0.05) is 16.6 Å². The monoisotopic (exact) mass is 643 g/mol. The summed E-state index contributed by atoms with van der Waals surface area (Å²) in [6, 6.07) is 19.6. The van der Waals surface area contributed by atoms with Gasteiger partial charge in [0.15, 0.2) is 0 Å². The van der Waals surface area contributed by atoms with Crippen LogP contribution in [0, 0.1) is 6.92 Å². The van der Waals surface area contributed by atoms with Crippen LogP contribution in [0.4, 0.5) is 5.69 Å². The van der Waals surface area contributed by atoms with Crippen molar-refractivity contribution in [3.05, 3.63) is 88.4 Å². The molecule has 41 heavy (non-hydrogen) atoms. The number of nitrogens with zero attached hydrogens (tertiary/aromatic N) is 2. The van der Waals surface area contributed by atoms with E-state index < -0.39 is 34.1 Å². The lowest BCUT2D eigenvalue weighted by Gasteiger charge is -2.33. The molecular formula is C31H38BrN3O5S. The highest BCUT2D eigenvalue weighted by Gasteiger charge is 2.33. The number of nitrogens with one attached hydrogen (secondary N) is 1. The van der Waals surface area contributed by atoms with Gasteiger partial charge in [-0.2, -0.15) is 0 Å². The van der Waals surface area contributed by atoms with Crippen LogP contribution in [0.3, 0.4) is 0 Å². The summed E-state index contributed by atoms with van der Waals surface area (Å²) < 4.78 is 35.2.